The van der Waals surface area contributed by atoms with Crippen LogP contribution in [0.1, 0.15) is 24.2 Å². The van der Waals surface area contributed by atoms with Crippen LogP contribution in [0.15, 0.2) is 57.5 Å². The molecule has 2 aliphatic rings. The second-order valence-electron chi connectivity index (χ2n) is 9.11. The van der Waals surface area contributed by atoms with Crippen LogP contribution in [-0.4, -0.2) is 72.2 Å². The number of amides is 2. The van der Waals surface area contributed by atoms with E-state index in [9.17, 15) is 14.7 Å². The van der Waals surface area contributed by atoms with E-state index in [0.29, 0.717) is 11.3 Å². The van der Waals surface area contributed by atoms with Gasteiger partial charge in [-0.25, -0.2) is 0 Å². The largest absolute Gasteiger partial charge is 0.493 e. The first kappa shape index (κ1) is 26.1. The highest BCUT2D eigenvalue weighted by molar-refractivity contribution is 9.10. The van der Waals surface area contributed by atoms with E-state index in [4.69, 9.17) is 14.2 Å². The molecule has 35 heavy (non-hydrogen) atoms. The summed E-state index contributed by atoms with van der Waals surface area (Å²) in [7, 11) is 0. The lowest BCUT2D eigenvalue weighted by Crippen LogP contribution is -2.52. The van der Waals surface area contributed by atoms with E-state index in [1.165, 1.54) is 4.90 Å². The first-order chi connectivity index (χ1) is 16.7. The minimum atomic E-state index is -0.862. The van der Waals surface area contributed by atoms with Crippen molar-refractivity contribution >= 4 is 43.7 Å². The maximum atomic E-state index is 13.4. The number of rotatable bonds is 8. The van der Waals surface area contributed by atoms with Gasteiger partial charge in [0, 0.05) is 27.0 Å². The highest BCUT2D eigenvalue weighted by Crippen LogP contribution is 2.37. The molecule has 188 valence electrons. The van der Waals surface area contributed by atoms with E-state index < -0.39 is 24.0 Å². The van der Waals surface area contributed by atoms with Gasteiger partial charge in [-0.15, -0.1) is 0 Å². The summed E-state index contributed by atoms with van der Waals surface area (Å²) in [4.78, 5) is 28.2. The summed E-state index contributed by atoms with van der Waals surface area (Å²) < 4.78 is 19.4. The molecule has 2 N–H and O–H groups in total. The minimum absolute atomic E-state index is 0.168. The van der Waals surface area contributed by atoms with Crippen molar-refractivity contribution in [1.29, 1.82) is 0 Å². The third kappa shape index (κ3) is 6.24. The Bertz CT molecular complexity index is 1080. The first-order valence-corrected chi connectivity index (χ1v) is 12.9. The van der Waals surface area contributed by atoms with E-state index in [-0.39, 0.29) is 44.0 Å². The van der Waals surface area contributed by atoms with Crippen molar-refractivity contribution in [2.24, 2.45) is 5.92 Å². The number of halogens is 2. The molecule has 0 saturated carbocycles. The van der Waals surface area contributed by atoms with Gasteiger partial charge in [0.15, 0.2) is 5.79 Å². The molecule has 4 atom stereocenters. The molecule has 0 aliphatic carbocycles. The van der Waals surface area contributed by atoms with Crippen molar-refractivity contribution in [1.82, 2.24) is 10.2 Å². The smallest absolute Gasteiger partial charge is 0.254 e. The zero-order chi connectivity index (χ0) is 25.2. The second-order valence-corrected chi connectivity index (χ2v) is 10.9. The van der Waals surface area contributed by atoms with Crippen LogP contribution < -0.4 is 10.1 Å². The Morgan fingerprint density at radius 3 is 2.57 bits per heavy atom. The van der Waals surface area contributed by atoms with Crippen LogP contribution in [0.2, 0.25) is 0 Å². The fourth-order valence-electron chi connectivity index (χ4n) is 4.34. The number of hydrogen-bond acceptors (Lipinski definition) is 6. The summed E-state index contributed by atoms with van der Waals surface area (Å²) in [6.45, 7) is 4.06. The molecule has 2 heterocycles. The summed E-state index contributed by atoms with van der Waals surface area (Å²) in [5.41, 5.74) is 0.465. The molecule has 4 rings (SSSR count). The van der Waals surface area contributed by atoms with Crippen LogP contribution in [0.3, 0.4) is 0 Å². The summed E-state index contributed by atoms with van der Waals surface area (Å²) in [5.74, 6) is -1.15. The van der Waals surface area contributed by atoms with Crippen molar-refractivity contribution in [2.75, 3.05) is 26.3 Å². The number of likely N-dealkylation sites (tertiary alicyclic amines) is 1. The van der Waals surface area contributed by atoms with Crippen molar-refractivity contribution in [3.8, 4) is 5.75 Å². The van der Waals surface area contributed by atoms with Gasteiger partial charge in [0.1, 0.15) is 24.0 Å². The van der Waals surface area contributed by atoms with E-state index >= 15 is 0 Å². The second kappa shape index (κ2) is 11.0. The monoisotopic (exact) mass is 610 g/mol. The zero-order valence-electron chi connectivity index (χ0n) is 19.4. The van der Waals surface area contributed by atoms with Gasteiger partial charge in [-0.2, -0.15) is 0 Å². The van der Waals surface area contributed by atoms with E-state index in [1.54, 1.807) is 32.0 Å². The molecular weight excluding hydrogens is 584 g/mol. The van der Waals surface area contributed by atoms with Gasteiger partial charge >= 0.3 is 0 Å². The molecule has 10 heteroatoms. The Labute approximate surface area is 221 Å². The molecule has 2 aromatic rings. The average molecular weight is 612 g/mol. The normalized spacial score (nSPS) is 23.6. The van der Waals surface area contributed by atoms with Crippen molar-refractivity contribution in [3.05, 3.63) is 63.0 Å². The summed E-state index contributed by atoms with van der Waals surface area (Å²) in [6.07, 6.45) is -1.00. The SMILES string of the molecule is CC1(C)O[C@H]2[C@H](CN(C(=O)c3cccc(Br)c3)[C@@H]2C(=O)NC[C@@H](CO)COc2cccc(Br)c2)O1. The number of hydrogen-bond donors (Lipinski definition) is 2. The van der Waals surface area contributed by atoms with Gasteiger partial charge in [-0.05, 0) is 50.2 Å². The van der Waals surface area contributed by atoms with Crippen molar-refractivity contribution in [2.45, 2.75) is 37.9 Å². The van der Waals surface area contributed by atoms with Gasteiger partial charge in [0.2, 0.25) is 5.91 Å². The predicted octanol–water partition coefficient (Wildman–Crippen LogP) is 3.36. The summed E-state index contributed by atoms with van der Waals surface area (Å²) >= 11 is 6.79. The van der Waals surface area contributed by atoms with Gasteiger partial charge in [-0.1, -0.05) is 44.0 Å². The quantitative estimate of drug-likeness (QED) is 0.475. The van der Waals surface area contributed by atoms with Gasteiger partial charge in [-0.3, -0.25) is 9.59 Å². The molecule has 2 saturated heterocycles. The number of aliphatic hydroxyl groups is 1. The van der Waals surface area contributed by atoms with Crippen LogP contribution in [-0.2, 0) is 14.3 Å². The minimum Gasteiger partial charge on any atom is -0.493 e. The summed E-state index contributed by atoms with van der Waals surface area (Å²) in [5, 5.41) is 12.7. The fourth-order valence-corrected chi connectivity index (χ4v) is 5.12. The number of fused-ring (bicyclic) bond motifs is 1. The predicted molar refractivity (Wildman–Crippen MR) is 136 cm³/mol. The van der Waals surface area contributed by atoms with Crippen LogP contribution in [0, 0.1) is 5.92 Å². The number of aliphatic hydroxyl groups excluding tert-OH is 1. The third-order valence-corrected chi connectivity index (χ3v) is 6.94. The third-order valence-electron chi connectivity index (χ3n) is 5.95. The number of benzene rings is 2. The van der Waals surface area contributed by atoms with Crippen molar-refractivity contribution in [3.63, 3.8) is 0 Å². The number of carbonyl (C=O) groups is 2. The average Bonchev–Trinajstić information content (AvgIpc) is 3.30. The maximum absolute atomic E-state index is 13.4. The number of ether oxygens (including phenoxy) is 3. The maximum Gasteiger partial charge on any atom is 0.254 e. The van der Waals surface area contributed by atoms with Crippen LogP contribution in [0.4, 0.5) is 0 Å². The highest BCUT2D eigenvalue weighted by Gasteiger charge is 2.56. The van der Waals surface area contributed by atoms with Crippen LogP contribution >= 0.6 is 31.9 Å². The lowest BCUT2D eigenvalue weighted by Gasteiger charge is -2.29. The molecule has 2 amide bonds. The number of nitrogens with one attached hydrogen (secondary N) is 1. The topological polar surface area (TPSA) is 97.3 Å². The molecule has 8 nitrogen and oxygen atoms in total. The number of nitrogens with zero attached hydrogens (tertiary/aromatic N) is 1. The molecule has 2 fully saturated rings. The van der Waals surface area contributed by atoms with Crippen LogP contribution in [0.5, 0.6) is 5.75 Å². The van der Waals surface area contributed by atoms with Gasteiger partial charge in [0.25, 0.3) is 5.91 Å². The molecule has 0 aromatic heterocycles. The zero-order valence-corrected chi connectivity index (χ0v) is 22.6. The van der Waals surface area contributed by atoms with Crippen molar-refractivity contribution < 1.29 is 28.9 Å². The Balaban J connectivity index is 1.44. The molecule has 0 unspecified atom stereocenters. The summed E-state index contributed by atoms with van der Waals surface area (Å²) in [6, 6.07) is 13.6. The Morgan fingerprint density at radius 1 is 1.17 bits per heavy atom. The fraction of sp³-hybridized carbons (Fsp3) is 0.440. The molecule has 0 spiro atoms. The standard InChI is InChI=1S/C25H28Br2N2O6/c1-25(2)34-20-12-29(24(32)16-5-3-6-17(26)9-16)21(22(20)35-25)23(31)28-11-15(13-30)14-33-19-8-4-7-18(27)10-19/h3-10,15,20-22,30H,11-14H2,1-2H3,(H,28,31)/t15-,20-,21-,22-/m0/s1. The lowest BCUT2D eigenvalue weighted by molar-refractivity contribution is -0.162. The van der Waals surface area contributed by atoms with Crippen LogP contribution in [0.25, 0.3) is 0 Å². The molecule has 2 aromatic carbocycles. The van der Waals surface area contributed by atoms with E-state index in [1.807, 2.05) is 30.3 Å². The van der Waals surface area contributed by atoms with E-state index in [2.05, 4.69) is 37.2 Å². The van der Waals surface area contributed by atoms with Gasteiger partial charge in [0.05, 0.1) is 19.8 Å². The Kier molecular flexibility index (Phi) is 8.17. The Morgan fingerprint density at radius 2 is 1.89 bits per heavy atom. The molecular formula is C25H28Br2N2O6. The molecule has 0 bridgehead atoms. The van der Waals surface area contributed by atoms with E-state index in [0.717, 1.165) is 8.95 Å². The molecule has 2 aliphatic heterocycles. The Hall–Kier alpha value is -1.98. The molecule has 0 radical (unpaired) electrons. The van der Waals surface area contributed by atoms with Gasteiger partial charge < -0.3 is 29.5 Å². The number of carbonyl (C=O) groups excluding carboxylic acids is 2. The first-order valence-electron chi connectivity index (χ1n) is 11.4. The highest BCUT2D eigenvalue weighted by atomic mass is 79.9. The lowest BCUT2D eigenvalue weighted by atomic mass is 10.1.